The van der Waals surface area contributed by atoms with Crippen LogP contribution in [0.2, 0.25) is 0 Å². The Morgan fingerprint density at radius 1 is 1.11 bits per heavy atom. The average Bonchev–Trinajstić information content (AvgIpc) is 3.45. The van der Waals surface area contributed by atoms with Gasteiger partial charge in [-0.25, -0.2) is 13.9 Å². The second kappa shape index (κ2) is 10.0. The Hall–Kier alpha value is -3.50. The Kier molecular flexibility index (Phi) is 6.65. The van der Waals surface area contributed by atoms with Crippen LogP contribution in [0.4, 0.5) is 15.2 Å². The summed E-state index contributed by atoms with van der Waals surface area (Å²) in [7, 11) is 0. The molecule has 1 aliphatic rings. The molecule has 3 heterocycles. The SMILES string of the molecule is CCOc1ccc(NC(=O)C(C)N2CCN(c3nn4cc(-c5ccc(F)cc5)nc4s3)CC2)cc1. The van der Waals surface area contributed by atoms with Gasteiger partial charge in [0.1, 0.15) is 11.6 Å². The first-order chi connectivity index (χ1) is 17.0. The average molecular weight is 495 g/mol. The van der Waals surface area contributed by atoms with Crippen LogP contribution in [0.25, 0.3) is 16.2 Å². The van der Waals surface area contributed by atoms with Gasteiger partial charge >= 0.3 is 0 Å². The van der Waals surface area contributed by atoms with E-state index in [1.807, 2.05) is 44.3 Å². The molecule has 0 spiro atoms. The molecule has 1 aliphatic heterocycles. The highest BCUT2D eigenvalue weighted by Gasteiger charge is 2.27. The number of piperazine rings is 1. The Labute approximate surface area is 207 Å². The number of fused-ring (bicyclic) bond motifs is 1. The summed E-state index contributed by atoms with van der Waals surface area (Å²) in [6.07, 6.45) is 1.87. The number of aromatic nitrogens is 3. The molecule has 1 amide bonds. The van der Waals surface area contributed by atoms with Crippen LogP contribution in [0.1, 0.15) is 13.8 Å². The van der Waals surface area contributed by atoms with Crippen LogP contribution in [-0.2, 0) is 4.79 Å². The van der Waals surface area contributed by atoms with Gasteiger partial charge in [0, 0.05) is 37.4 Å². The lowest BCUT2D eigenvalue weighted by atomic mass is 10.2. The number of hydrogen-bond donors (Lipinski definition) is 1. The number of imidazole rings is 1. The van der Waals surface area contributed by atoms with Crippen molar-refractivity contribution < 1.29 is 13.9 Å². The molecule has 2 aromatic heterocycles. The maximum Gasteiger partial charge on any atom is 0.241 e. The van der Waals surface area contributed by atoms with Crippen LogP contribution in [0.5, 0.6) is 5.75 Å². The van der Waals surface area contributed by atoms with Crippen molar-refractivity contribution in [1.82, 2.24) is 19.5 Å². The Morgan fingerprint density at radius 2 is 1.83 bits per heavy atom. The van der Waals surface area contributed by atoms with Gasteiger partial charge in [0.2, 0.25) is 16.0 Å². The van der Waals surface area contributed by atoms with Crippen LogP contribution in [0, 0.1) is 5.82 Å². The van der Waals surface area contributed by atoms with Crippen molar-refractivity contribution >= 4 is 33.0 Å². The Morgan fingerprint density at radius 3 is 2.49 bits per heavy atom. The standard InChI is InChI=1S/C25H27FN6O2S/c1-3-34-21-10-8-20(9-11-21)27-23(33)17(2)30-12-14-31(15-13-30)25-29-32-16-22(28-24(32)35-25)18-4-6-19(26)7-5-18/h4-11,16-17H,3,12-15H2,1-2H3,(H,27,33). The van der Waals surface area contributed by atoms with Crippen molar-refractivity contribution in [2.75, 3.05) is 43.0 Å². The maximum absolute atomic E-state index is 13.2. The van der Waals surface area contributed by atoms with Crippen LogP contribution in [0.3, 0.4) is 0 Å². The zero-order chi connectivity index (χ0) is 24.4. The Bertz CT molecular complexity index is 1260. The number of carbonyl (C=O) groups excluding carboxylic acids is 1. The monoisotopic (exact) mass is 494 g/mol. The molecule has 8 nitrogen and oxygen atoms in total. The number of hydrogen-bond acceptors (Lipinski definition) is 7. The highest BCUT2D eigenvalue weighted by atomic mass is 32.1. The van der Waals surface area contributed by atoms with E-state index in [2.05, 4.69) is 20.1 Å². The molecule has 1 unspecified atom stereocenters. The van der Waals surface area contributed by atoms with E-state index >= 15 is 0 Å². The van der Waals surface area contributed by atoms with Gasteiger partial charge < -0.3 is 15.0 Å². The van der Waals surface area contributed by atoms with Crippen LogP contribution < -0.4 is 15.0 Å². The van der Waals surface area contributed by atoms with E-state index in [9.17, 15) is 9.18 Å². The summed E-state index contributed by atoms with van der Waals surface area (Å²) >= 11 is 1.53. The maximum atomic E-state index is 13.2. The lowest BCUT2D eigenvalue weighted by molar-refractivity contribution is -0.120. The van der Waals surface area contributed by atoms with Crippen LogP contribution >= 0.6 is 11.3 Å². The van der Waals surface area contributed by atoms with Crippen molar-refractivity contribution in [2.45, 2.75) is 19.9 Å². The molecular formula is C25H27FN6O2S. The minimum absolute atomic E-state index is 0.0244. The molecule has 182 valence electrons. The molecule has 0 radical (unpaired) electrons. The fourth-order valence-corrected chi connectivity index (χ4v) is 5.03. The normalized spacial score (nSPS) is 15.3. The number of rotatable bonds is 7. The number of amides is 1. The van der Waals surface area contributed by atoms with Gasteiger partial charge in [-0.15, -0.1) is 5.10 Å². The van der Waals surface area contributed by atoms with E-state index in [4.69, 9.17) is 9.84 Å². The fourth-order valence-electron chi connectivity index (χ4n) is 4.09. The van der Waals surface area contributed by atoms with E-state index in [1.54, 1.807) is 16.6 Å². The quantitative estimate of drug-likeness (QED) is 0.416. The summed E-state index contributed by atoms with van der Waals surface area (Å²) in [5.41, 5.74) is 2.39. The molecule has 0 bridgehead atoms. The third-order valence-corrected chi connectivity index (χ3v) is 7.10. The number of benzene rings is 2. The highest BCUT2D eigenvalue weighted by molar-refractivity contribution is 7.20. The van der Waals surface area contributed by atoms with E-state index in [0.29, 0.717) is 6.61 Å². The predicted molar refractivity (Wildman–Crippen MR) is 136 cm³/mol. The summed E-state index contributed by atoms with van der Waals surface area (Å²) in [6.45, 7) is 7.58. The van der Waals surface area contributed by atoms with Gasteiger partial charge in [-0.05, 0) is 62.4 Å². The molecule has 4 aromatic rings. The smallest absolute Gasteiger partial charge is 0.241 e. The Balaban J connectivity index is 1.17. The second-order valence-corrected chi connectivity index (χ2v) is 9.32. The summed E-state index contributed by atoms with van der Waals surface area (Å²) in [6, 6.07) is 13.5. The van der Waals surface area contributed by atoms with Crippen LogP contribution in [-0.4, -0.2) is 64.2 Å². The predicted octanol–water partition coefficient (Wildman–Crippen LogP) is 4.14. The largest absolute Gasteiger partial charge is 0.494 e. The number of carbonyl (C=O) groups is 1. The lowest BCUT2D eigenvalue weighted by Crippen LogP contribution is -2.52. The molecule has 35 heavy (non-hydrogen) atoms. The van der Waals surface area contributed by atoms with Gasteiger partial charge in [-0.1, -0.05) is 11.3 Å². The van der Waals surface area contributed by atoms with Gasteiger partial charge in [0.05, 0.1) is 24.5 Å². The first-order valence-corrected chi connectivity index (χ1v) is 12.5. The minimum atomic E-state index is -0.266. The summed E-state index contributed by atoms with van der Waals surface area (Å²) < 4.78 is 20.4. The van der Waals surface area contributed by atoms with E-state index < -0.39 is 0 Å². The number of nitrogens with one attached hydrogen (secondary N) is 1. The molecule has 1 N–H and O–H groups in total. The molecule has 0 aliphatic carbocycles. The van der Waals surface area contributed by atoms with Crippen molar-refractivity contribution in [3.63, 3.8) is 0 Å². The molecular weight excluding hydrogens is 467 g/mol. The molecule has 1 saturated heterocycles. The van der Waals surface area contributed by atoms with Crippen LogP contribution in [0.15, 0.2) is 54.7 Å². The summed E-state index contributed by atoms with van der Waals surface area (Å²) in [4.78, 5) is 22.6. The molecule has 1 fully saturated rings. The van der Waals surface area contributed by atoms with Gasteiger partial charge in [-0.2, -0.15) is 0 Å². The van der Waals surface area contributed by atoms with Crippen molar-refractivity contribution in [3.05, 3.63) is 60.5 Å². The van der Waals surface area contributed by atoms with E-state index in [1.165, 1.54) is 23.5 Å². The summed E-state index contributed by atoms with van der Waals surface area (Å²) in [5, 5.41) is 8.60. The van der Waals surface area contributed by atoms with Gasteiger partial charge in [-0.3, -0.25) is 9.69 Å². The lowest BCUT2D eigenvalue weighted by Gasteiger charge is -2.37. The van der Waals surface area contributed by atoms with Crippen molar-refractivity contribution in [1.29, 1.82) is 0 Å². The van der Waals surface area contributed by atoms with Gasteiger partial charge in [0.25, 0.3) is 0 Å². The number of nitrogens with zero attached hydrogens (tertiary/aromatic N) is 5. The second-order valence-electron chi connectivity index (χ2n) is 8.39. The molecule has 1 atom stereocenters. The van der Waals surface area contributed by atoms with E-state index in [-0.39, 0.29) is 17.8 Å². The third kappa shape index (κ3) is 5.13. The number of halogens is 1. The minimum Gasteiger partial charge on any atom is -0.494 e. The molecule has 5 rings (SSSR count). The van der Waals surface area contributed by atoms with Gasteiger partial charge in [0.15, 0.2) is 0 Å². The van der Waals surface area contributed by atoms with Crippen molar-refractivity contribution in [2.24, 2.45) is 0 Å². The number of ether oxygens (including phenoxy) is 1. The zero-order valence-corrected chi connectivity index (χ0v) is 20.5. The fraction of sp³-hybridized carbons (Fsp3) is 0.320. The number of anilines is 2. The first-order valence-electron chi connectivity index (χ1n) is 11.6. The third-order valence-electron chi connectivity index (χ3n) is 6.12. The first kappa shape index (κ1) is 23.3. The summed E-state index contributed by atoms with van der Waals surface area (Å²) in [5.74, 6) is 0.497. The zero-order valence-electron chi connectivity index (χ0n) is 19.6. The molecule has 2 aromatic carbocycles. The topological polar surface area (TPSA) is 75.0 Å². The van der Waals surface area contributed by atoms with E-state index in [0.717, 1.165) is 59.0 Å². The molecule has 10 heteroatoms. The molecule has 0 saturated carbocycles. The highest BCUT2D eigenvalue weighted by Crippen LogP contribution is 2.28. The van der Waals surface area contributed by atoms with Crippen molar-refractivity contribution in [3.8, 4) is 17.0 Å².